The molecule has 0 radical (unpaired) electrons. The number of piperidine rings is 2. The van der Waals surface area contributed by atoms with Gasteiger partial charge in [-0.15, -0.1) is 0 Å². The molecule has 0 unspecified atom stereocenters. The van der Waals surface area contributed by atoms with E-state index in [0.29, 0.717) is 11.1 Å². The van der Waals surface area contributed by atoms with Crippen molar-refractivity contribution in [3.63, 3.8) is 0 Å². The molecule has 4 aromatic rings. The SMILES string of the molecule is O=C(Nc1ccc(Nc2cc(N3CCCCC3)cc(N3CCCCC3)n2)cc1)c1ccc2ccccc2c1O. The van der Waals surface area contributed by atoms with Crippen LogP contribution in [0.5, 0.6) is 5.75 Å². The van der Waals surface area contributed by atoms with Crippen LogP contribution in [-0.4, -0.2) is 42.2 Å². The second kappa shape index (κ2) is 11.2. The number of pyridine rings is 1. The molecule has 2 saturated heterocycles. The van der Waals surface area contributed by atoms with Gasteiger partial charge in [-0.1, -0.05) is 30.3 Å². The normalized spacial score (nSPS) is 15.8. The number of carbonyl (C=O) groups excluding carboxylic acids is 1. The number of hydrogen-bond donors (Lipinski definition) is 3. The first-order valence-corrected chi connectivity index (χ1v) is 14.1. The minimum atomic E-state index is -0.346. The number of aromatic nitrogens is 1. The maximum atomic E-state index is 12.9. The first-order chi connectivity index (χ1) is 19.1. The van der Waals surface area contributed by atoms with Crippen LogP contribution in [0, 0.1) is 0 Å². The summed E-state index contributed by atoms with van der Waals surface area (Å²) in [6, 6.07) is 23.0. The number of aromatic hydroxyl groups is 1. The van der Waals surface area contributed by atoms with Crippen molar-refractivity contribution in [3.05, 3.63) is 78.4 Å². The second-order valence-corrected chi connectivity index (χ2v) is 10.5. The van der Waals surface area contributed by atoms with Crippen molar-refractivity contribution >= 4 is 45.4 Å². The lowest BCUT2D eigenvalue weighted by atomic mass is 10.0. The predicted molar refractivity (Wildman–Crippen MR) is 160 cm³/mol. The minimum Gasteiger partial charge on any atom is -0.506 e. The lowest BCUT2D eigenvalue weighted by Crippen LogP contribution is -2.32. The molecule has 1 aromatic heterocycles. The van der Waals surface area contributed by atoms with Gasteiger partial charge in [-0.05, 0) is 74.2 Å². The van der Waals surface area contributed by atoms with Gasteiger partial charge in [-0.3, -0.25) is 4.79 Å². The van der Waals surface area contributed by atoms with Crippen molar-refractivity contribution in [1.82, 2.24) is 4.98 Å². The van der Waals surface area contributed by atoms with Gasteiger partial charge < -0.3 is 25.5 Å². The number of rotatable bonds is 6. The number of benzene rings is 3. The summed E-state index contributed by atoms with van der Waals surface area (Å²) in [6.07, 6.45) is 7.47. The molecule has 0 bridgehead atoms. The Hall–Kier alpha value is -4.26. The van der Waals surface area contributed by atoms with E-state index >= 15 is 0 Å². The Morgan fingerprint density at radius 1 is 0.744 bits per heavy atom. The van der Waals surface area contributed by atoms with E-state index in [1.807, 2.05) is 54.6 Å². The zero-order valence-corrected chi connectivity index (χ0v) is 22.2. The van der Waals surface area contributed by atoms with Crippen molar-refractivity contribution in [2.45, 2.75) is 38.5 Å². The molecular weight excluding hydrogens is 486 g/mol. The molecule has 200 valence electrons. The number of nitrogens with zero attached hydrogens (tertiary/aromatic N) is 3. The molecule has 2 aliphatic heterocycles. The fourth-order valence-electron chi connectivity index (χ4n) is 5.61. The first kappa shape index (κ1) is 25.0. The van der Waals surface area contributed by atoms with Gasteiger partial charge in [0.05, 0.1) is 5.56 Å². The molecule has 7 heteroatoms. The van der Waals surface area contributed by atoms with E-state index < -0.39 is 0 Å². The van der Waals surface area contributed by atoms with Gasteiger partial charge in [0.15, 0.2) is 0 Å². The van der Waals surface area contributed by atoms with Crippen LogP contribution in [0.2, 0.25) is 0 Å². The van der Waals surface area contributed by atoms with E-state index in [1.165, 1.54) is 44.2 Å². The number of nitrogens with one attached hydrogen (secondary N) is 2. The Morgan fingerprint density at radius 3 is 2.15 bits per heavy atom. The molecule has 7 nitrogen and oxygen atoms in total. The summed E-state index contributed by atoms with van der Waals surface area (Å²) in [7, 11) is 0. The smallest absolute Gasteiger partial charge is 0.259 e. The molecule has 3 heterocycles. The molecule has 2 fully saturated rings. The van der Waals surface area contributed by atoms with Gasteiger partial charge in [0.2, 0.25) is 0 Å². The average Bonchev–Trinajstić information content (AvgIpc) is 2.99. The summed E-state index contributed by atoms with van der Waals surface area (Å²) in [5.74, 6) is 1.52. The number of hydrogen-bond acceptors (Lipinski definition) is 6. The van der Waals surface area contributed by atoms with Gasteiger partial charge in [0, 0.05) is 60.8 Å². The molecule has 0 spiro atoms. The molecule has 6 rings (SSSR count). The maximum absolute atomic E-state index is 12.9. The highest BCUT2D eigenvalue weighted by atomic mass is 16.3. The molecule has 0 aliphatic carbocycles. The fraction of sp³-hybridized carbons (Fsp3) is 0.312. The number of carbonyl (C=O) groups is 1. The van der Waals surface area contributed by atoms with Crippen LogP contribution in [0.15, 0.2) is 72.8 Å². The van der Waals surface area contributed by atoms with Crippen molar-refractivity contribution in [3.8, 4) is 5.75 Å². The van der Waals surface area contributed by atoms with Crippen molar-refractivity contribution < 1.29 is 9.90 Å². The topological polar surface area (TPSA) is 80.7 Å². The van der Waals surface area contributed by atoms with Gasteiger partial charge in [-0.25, -0.2) is 4.98 Å². The third-order valence-corrected chi connectivity index (χ3v) is 7.76. The van der Waals surface area contributed by atoms with E-state index in [4.69, 9.17) is 4.98 Å². The maximum Gasteiger partial charge on any atom is 0.259 e. The standard InChI is InChI=1S/C32H35N5O2/c38-31-27-10-4-3-9-23(27)11-16-28(31)32(39)34-25-14-12-24(13-15-25)33-29-21-26(36-17-5-1-6-18-36)22-30(35-29)37-19-7-2-8-20-37/h3-4,9-16,21-22,38H,1-2,5-8,17-20H2,(H,33,35)(H,34,39). The Kier molecular flexibility index (Phi) is 7.21. The van der Waals surface area contributed by atoms with Crippen LogP contribution in [-0.2, 0) is 0 Å². The molecule has 0 atom stereocenters. The van der Waals surface area contributed by atoms with Crippen LogP contribution < -0.4 is 20.4 Å². The van der Waals surface area contributed by atoms with Crippen molar-refractivity contribution in [2.75, 3.05) is 46.6 Å². The number of phenols is 1. The van der Waals surface area contributed by atoms with Crippen LogP contribution in [0.1, 0.15) is 48.9 Å². The van der Waals surface area contributed by atoms with E-state index in [-0.39, 0.29) is 17.2 Å². The molecule has 39 heavy (non-hydrogen) atoms. The largest absolute Gasteiger partial charge is 0.506 e. The first-order valence-electron chi connectivity index (χ1n) is 14.1. The van der Waals surface area contributed by atoms with E-state index in [0.717, 1.165) is 48.9 Å². The van der Waals surface area contributed by atoms with Crippen LogP contribution in [0.25, 0.3) is 10.8 Å². The third-order valence-electron chi connectivity index (χ3n) is 7.76. The average molecular weight is 522 g/mol. The molecular formula is C32H35N5O2. The molecule has 2 aliphatic rings. The fourth-order valence-corrected chi connectivity index (χ4v) is 5.61. The van der Waals surface area contributed by atoms with Crippen molar-refractivity contribution in [1.29, 1.82) is 0 Å². The number of fused-ring (bicyclic) bond motifs is 1. The summed E-state index contributed by atoms with van der Waals surface area (Å²) in [5.41, 5.74) is 3.03. The lowest BCUT2D eigenvalue weighted by Gasteiger charge is -2.32. The second-order valence-electron chi connectivity index (χ2n) is 10.5. The zero-order chi connectivity index (χ0) is 26.6. The Balaban J connectivity index is 1.19. The molecule has 3 aromatic carbocycles. The number of amides is 1. The van der Waals surface area contributed by atoms with E-state index in [1.54, 1.807) is 6.07 Å². The van der Waals surface area contributed by atoms with Gasteiger partial charge >= 0.3 is 0 Å². The predicted octanol–water partition coefficient (Wildman–Crippen LogP) is 6.92. The lowest BCUT2D eigenvalue weighted by molar-refractivity contribution is 0.102. The summed E-state index contributed by atoms with van der Waals surface area (Å²) >= 11 is 0. The summed E-state index contributed by atoms with van der Waals surface area (Å²) < 4.78 is 0. The number of phenolic OH excluding ortho intramolecular Hbond substituents is 1. The molecule has 3 N–H and O–H groups in total. The highest BCUT2D eigenvalue weighted by Crippen LogP contribution is 2.31. The third kappa shape index (κ3) is 5.62. The van der Waals surface area contributed by atoms with Gasteiger partial charge in [0.25, 0.3) is 5.91 Å². The molecule has 0 saturated carbocycles. The Morgan fingerprint density at radius 2 is 1.41 bits per heavy atom. The van der Waals surface area contributed by atoms with Crippen molar-refractivity contribution in [2.24, 2.45) is 0 Å². The van der Waals surface area contributed by atoms with E-state index in [9.17, 15) is 9.90 Å². The van der Waals surface area contributed by atoms with E-state index in [2.05, 4.69) is 32.6 Å². The van der Waals surface area contributed by atoms with Crippen LogP contribution in [0.3, 0.4) is 0 Å². The zero-order valence-electron chi connectivity index (χ0n) is 22.2. The summed E-state index contributed by atoms with van der Waals surface area (Å²) in [6.45, 7) is 4.28. The van der Waals surface area contributed by atoms with Gasteiger partial charge in [-0.2, -0.15) is 0 Å². The highest BCUT2D eigenvalue weighted by molar-refractivity contribution is 6.09. The van der Waals surface area contributed by atoms with Crippen LogP contribution in [0.4, 0.5) is 28.7 Å². The van der Waals surface area contributed by atoms with Crippen LogP contribution >= 0.6 is 0 Å². The Labute approximate surface area is 229 Å². The quantitative estimate of drug-likeness (QED) is 0.256. The minimum absolute atomic E-state index is 0.00643. The Bertz CT molecular complexity index is 1420. The highest BCUT2D eigenvalue weighted by Gasteiger charge is 2.18. The summed E-state index contributed by atoms with van der Waals surface area (Å²) in [5, 5.41) is 18.6. The molecule has 1 amide bonds. The number of anilines is 5. The monoisotopic (exact) mass is 521 g/mol. The van der Waals surface area contributed by atoms with Gasteiger partial charge in [0.1, 0.15) is 17.4 Å². The summed E-state index contributed by atoms with van der Waals surface area (Å²) in [4.78, 5) is 22.8.